The van der Waals surface area contributed by atoms with Gasteiger partial charge in [0.15, 0.2) is 5.82 Å². The Morgan fingerprint density at radius 2 is 1.79 bits per heavy atom. The highest BCUT2D eigenvalue weighted by atomic mass is 32.2. The van der Waals surface area contributed by atoms with Crippen molar-refractivity contribution >= 4 is 16.0 Å². The van der Waals surface area contributed by atoms with Gasteiger partial charge in [-0.2, -0.15) is 5.10 Å². The Kier molecular flexibility index (Phi) is 5.54. The van der Waals surface area contributed by atoms with E-state index in [1.54, 1.807) is 47.4 Å². The molecule has 0 amide bonds. The van der Waals surface area contributed by atoms with Gasteiger partial charge >= 0.3 is 0 Å². The van der Waals surface area contributed by atoms with Gasteiger partial charge in [0.25, 0.3) is 0 Å². The second kappa shape index (κ2) is 8.26. The molecule has 0 saturated carbocycles. The van der Waals surface area contributed by atoms with Crippen molar-refractivity contribution in [1.82, 2.24) is 24.5 Å². The summed E-state index contributed by atoms with van der Waals surface area (Å²) in [6.07, 6.45) is 7.38. The molecule has 0 bridgehead atoms. The lowest BCUT2D eigenvalue weighted by atomic mass is 9.97. The van der Waals surface area contributed by atoms with E-state index in [0.717, 1.165) is 30.9 Å². The monoisotopic (exact) mass is 416 g/mol. The minimum absolute atomic E-state index is 0.227. The maximum Gasteiger partial charge on any atom is 0.240 e. The third kappa shape index (κ3) is 4.60. The van der Waals surface area contributed by atoms with Crippen LogP contribution in [0.15, 0.2) is 60.0 Å². The number of hydrogen-bond acceptors (Lipinski definition) is 6. The second-order valence-electron chi connectivity index (χ2n) is 6.93. The van der Waals surface area contributed by atoms with Crippen molar-refractivity contribution in [2.75, 3.05) is 24.5 Å². The van der Waals surface area contributed by atoms with Crippen molar-refractivity contribution in [3.8, 4) is 5.69 Å². The molecule has 152 valence electrons. The van der Waals surface area contributed by atoms with Crippen molar-refractivity contribution in [2.24, 2.45) is 5.92 Å². The lowest BCUT2D eigenvalue weighted by Crippen LogP contribution is -2.39. The van der Waals surface area contributed by atoms with E-state index in [1.807, 2.05) is 4.90 Å². The van der Waals surface area contributed by atoms with Crippen LogP contribution in [0.4, 0.5) is 10.3 Å². The molecule has 2 aromatic heterocycles. The van der Waals surface area contributed by atoms with Gasteiger partial charge < -0.3 is 4.90 Å². The molecule has 3 heterocycles. The molecule has 0 spiro atoms. The van der Waals surface area contributed by atoms with Crippen LogP contribution in [0.5, 0.6) is 0 Å². The highest BCUT2D eigenvalue weighted by Gasteiger charge is 2.23. The lowest BCUT2D eigenvalue weighted by molar-refractivity contribution is 0.398. The Bertz CT molecular complexity index is 1030. The number of nitrogens with one attached hydrogen (secondary N) is 1. The normalized spacial score (nSPS) is 15.6. The Morgan fingerprint density at radius 1 is 1.10 bits per heavy atom. The molecule has 1 aliphatic heterocycles. The zero-order valence-electron chi connectivity index (χ0n) is 15.6. The molecule has 29 heavy (non-hydrogen) atoms. The molecule has 0 unspecified atom stereocenters. The minimum Gasteiger partial charge on any atom is -0.341 e. The summed E-state index contributed by atoms with van der Waals surface area (Å²) < 4.78 is 42.5. The Labute approximate surface area is 168 Å². The van der Waals surface area contributed by atoms with Crippen molar-refractivity contribution in [3.05, 3.63) is 60.9 Å². The third-order valence-electron chi connectivity index (χ3n) is 4.98. The van der Waals surface area contributed by atoms with Crippen molar-refractivity contribution in [3.63, 3.8) is 0 Å². The third-order valence-corrected chi connectivity index (χ3v) is 6.42. The summed E-state index contributed by atoms with van der Waals surface area (Å²) in [5.74, 6) is 0.267. The zero-order chi connectivity index (χ0) is 20.3. The SMILES string of the molecule is O=S(=O)(NCC1CCN(c2ncc(F)cn2)CC1)c1ccc(-n2cccn2)cc1. The first-order chi connectivity index (χ1) is 14.0. The fourth-order valence-corrected chi connectivity index (χ4v) is 4.43. The largest absolute Gasteiger partial charge is 0.341 e. The summed E-state index contributed by atoms with van der Waals surface area (Å²) in [5, 5.41) is 4.13. The molecule has 8 nitrogen and oxygen atoms in total. The van der Waals surface area contributed by atoms with Gasteiger partial charge in [0.1, 0.15) is 0 Å². The van der Waals surface area contributed by atoms with Crippen LogP contribution in [0.25, 0.3) is 5.69 Å². The highest BCUT2D eigenvalue weighted by molar-refractivity contribution is 7.89. The van der Waals surface area contributed by atoms with E-state index >= 15 is 0 Å². The number of nitrogens with zero attached hydrogens (tertiary/aromatic N) is 5. The summed E-state index contributed by atoms with van der Waals surface area (Å²) in [4.78, 5) is 10.2. The molecule has 1 saturated heterocycles. The summed E-state index contributed by atoms with van der Waals surface area (Å²) in [7, 11) is -3.58. The first kappa shape index (κ1) is 19.5. The van der Waals surface area contributed by atoms with Gasteiger partial charge in [-0.25, -0.2) is 32.2 Å². The first-order valence-electron chi connectivity index (χ1n) is 9.33. The van der Waals surface area contributed by atoms with Crippen LogP contribution in [0.3, 0.4) is 0 Å². The zero-order valence-corrected chi connectivity index (χ0v) is 16.5. The van der Waals surface area contributed by atoms with Gasteiger partial charge in [-0.15, -0.1) is 0 Å². The highest BCUT2D eigenvalue weighted by Crippen LogP contribution is 2.21. The summed E-state index contributed by atoms with van der Waals surface area (Å²) in [6, 6.07) is 8.41. The van der Waals surface area contributed by atoms with Gasteiger partial charge in [-0.1, -0.05) is 0 Å². The van der Waals surface area contributed by atoms with E-state index in [2.05, 4.69) is 19.8 Å². The molecule has 1 aliphatic rings. The summed E-state index contributed by atoms with van der Waals surface area (Å²) in [5.41, 5.74) is 0.796. The molecule has 0 radical (unpaired) electrons. The van der Waals surface area contributed by atoms with Crippen LogP contribution in [0, 0.1) is 11.7 Å². The van der Waals surface area contributed by atoms with E-state index in [9.17, 15) is 12.8 Å². The van der Waals surface area contributed by atoms with Crippen LogP contribution >= 0.6 is 0 Å². The standard InChI is InChI=1S/C19H21FN6O2S/c20-16-13-21-19(22-14-16)25-10-6-15(7-11-25)12-24-29(27,28)18-4-2-17(3-5-18)26-9-1-8-23-26/h1-5,8-9,13-15,24H,6-7,10-12H2. The van der Waals surface area contributed by atoms with Crippen molar-refractivity contribution < 1.29 is 12.8 Å². The number of anilines is 1. The van der Waals surface area contributed by atoms with Crippen LogP contribution in [0.2, 0.25) is 0 Å². The van der Waals surface area contributed by atoms with Crippen LogP contribution in [0.1, 0.15) is 12.8 Å². The Morgan fingerprint density at radius 3 is 2.41 bits per heavy atom. The molecular formula is C19H21FN6O2S. The van der Waals surface area contributed by atoms with E-state index < -0.39 is 15.8 Å². The van der Waals surface area contributed by atoms with Gasteiger partial charge in [0.05, 0.1) is 23.0 Å². The van der Waals surface area contributed by atoms with Crippen molar-refractivity contribution in [2.45, 2.75) is 17.7 Å². The topological polar surface area (TPSA) is 93.0 Å². The molecule has 0 atom stereocenters. The van der Waals surface area contributed by atoms with Crippen LogP contribution < -0.4 is 9.62 Å². The summed E-state index contributed by atoms with van der Waals surface area (Å²) >= 11 is 0. The number of rotatable bonds is 6. The Hall–Kier alpha value is -2.85. The van der Waals surface area contributed by atoms with Crippen LogP contribution in [-0.2, 0) is 10.0 Å². The molecule has 3 aromatic rings. The average molecular weight is 416 g/mol. The first-order valence-corrected chi connectivity index (χ1v) is 10.8. The van der Waals surface area contributed by atoms with E-state index in [1.165, 1.54) is 0 Å². The molecule has 1 aromatic carbocycles. The number of hydrogen-bond donors (Lipinski definition) is 1. The molecule has 4 rings (SSSR count). The predicted molar refractivity (Wildman–Crippen MR) is 106 cm³/mol. The molecule has 0 aliphatic carbocycles. The van der Waals surface area contributed by atoms with Gasteiger partial charge in [-0.05, 0) is 49.1 Å². The average Bonchev–Trinajstić information content (AvgIpc) is 3.28. The fraction of sp³-hybridized carbons (Fsp3) is 0.316. The molecule has 10 heteroatoms. The smallest absolute Gasteiger partial charge is 0.240 e. The molecule has 1 N–H and O–H groups in total. The lowest BCUT2D eigenvalue weighted by Gasteiger charge is -2.31. The van der Waals surface area contributed by atoms with Crippen LogP contribution in [-0.4, -0.2) is 47.8 Å². The number of halogens is 1. The van der Waals surface area contributed by atoms with Crippen molar-refractivity contribution in [1.29, 1.82) is 0 Å². The Balaban J connectivity index is 1.31. The fourth-order valence-electron chi connectivity index (χ4n) is 3.32. The van der Waals surface area contributed by atoms with E-state index in [4.69, 9.17) is 0 Å². The quantitative estimate of drug-likeness (QED) is 0.661. The number of sulfonamides is 1. The predicted octanol–water partition coefficient (Wildman–Crippen LogP) is 2.00. The maximum atomic E-state index is 12.9. The van der Waals surface area contributed by atoms with Gasteiger partial charge in [0, 0.05) is 32.0 Å². The maximum absolute atomic E-state index is 12.9. The number of piperidine rings is 1. The minimum atomic E-state index is -3.58. The number of aromatic nitrogens is 4. The van der Waals surface area contributed by atoms with E-state index in [-0.39, 0.29) is 10.8 Å². The number of benzene rings is 1. The van der Waals surface area contributed by atoms with E-state index in [0.29, 0.717) is 25.6 Å². The molecule has 1 fully saturated rings. The second-order valence-corrected chi connectivity index (χ2v) is 8.70. The van der Waals surface area contributed by atoms with Gasteiger partial charge in [-0.3, -0.25) is 0 Å². The molecular weight excluding hydrogens is 395 g/mol. The van der Waals surface area contributed by atoms with Gasteiger partial charge in [0.2, 0.25) is 16.0 Å². The summed E-state index contributed by atoms with van der Waals surface area (Å²) in [6.45, 7) is 1.79.